The fraction of sp³-hybridized carbons (Fsp3) is 0.0233. The van der Waals surface area contributed by atoms with Crippen LogP contribution in [0.2, 0.25) is 0 Å². The van der Waals surface area contributed by atoms with E-state index in [1.807, 2.05) is 17.4 Å². The molecule has 0 saturated carbocycles. The normalized spacial score (nSPS) is 11.9. The number of aryl methyl sites for hydroxylation is 1. The Kier molecular flexibility index (Phi) is 5.66. The topological polar surface area (TPSA) is 21.3 Å². The Labute approximate surface area is 275 Å². The number of aromatic nitrogens is 1. The maximum Gasteiger partial charge on any atom is 0.137 e. The second kappa shape index (κ2) is 10.1. The quantitative estimate of drug-likeness (QED) is 0.195. The molecule has 47 heavy (non-hydrogen) atoms. The van der Waals surface area contributed by atoms with E-state index in [1.165, 1.54) is 47.5 Å². The highest BCUT2D eigenvalue weighted by molar-refractivity contribution is 7.26. The molecular weight excluding hydrogens is 593 g/mol. The molecule has 10 rings (SSSR count). The molecule has 0 amide bonds. The van der Waals surface area contributed by atoms with E-state index in [2.05, 4.69) is 162 Å². The molecule has 0 fully saturated rings. The number of benzene rings is 7. The summed E-state index contributed by atoms with van der Waals surface area (Å²) in [6, 6.07) is 54.7. The van der Waals surface area contributed by atoms with Gasteiger partial charge in [-0.2, -0.15) is 0 Å². The Balaban J connectivity index is 1.30. The zero-order valence-corrected chi connectivity index (χ0v) is 26.5. The van der Waals surface area contributed by atoms with Crippen molar-refractivity contribution in [3.05, 3.63) is 157 Å². The van der Waals surface area contributed by atoms with Gasteiger partial charge in [-0.25, -0.2) is 0 Å². The molecule has 0 radical (unpaired) electrons. The lowest BCUT2D eigenvalue weighted by molar-refractivity contribution is 0.669. The summed E-state index contributed by atoms with van der Waals surface area (Å²) in [5.41, 5.74) is 9.94. The lowest BCUT2D eigenvalue weighted by Crippen LogP contribution is -2.10. The fourth-order valence-corrected chi connectivity index (χ4v) is 8.54. The highest BCUT2D eigenvalue weighted by atomic mass is 32.1. The lowest BCUT2D eigenvalue weighted by atomic mass is 10.1. The van der Waals surface area contributed by atoms with Crippen molar-refractivity contribution >= 4 is 92.3 Å². The van der Waals surface area contributed by atoms with Crippen LogP contribution in [0.15, 0.2) is 156 Å². The van der Waals surface area contributed by atoms with Crippen LogP contribution in [0.5, 0.6) is 0 Å². The molecule has 3 aromatic heterocycles. The van der Waals surface area contributed by atoms with Gasteiger partial charge in [0.15, 0.2) is 0 Å². The summed E-state index contributed by atoms with van der Waals surface area (Å²) in [6.45, 7) is 2.14. The molecule has 3 nitrogen and oxygen atoms in total. The minimum atomic E-state index is 0.884. The summed E-state index contributed by atoms with van der Waals surface area (Å²) in [5, 5.41) is 7.24. The first-order valence-electron chi connectivity index (χ1n) is 15.9. The fourth-order valence-electron chi connectivity index (χ4n) is 7.33. The van der Waals surface area contributed by atoms with E-state index < -0.39 is 0 Å². The van der Waals surface area contributed by atoms with Gasteiger partial charge in [-0.15, -0.1) is 11.3 Å². The van der Waals surface area contributed by atoms with Gasteiger partial charge in [0.25, 0.3) is 0 Å². The third-order valence-electron chi connectivity index (χ3n) is 9.45. The molecule has 0 aliphatic heterocycles. The number of rotatable bonds is 4. The Morgan fingerprint density at radius 1 is 0.532 bits per heavy atom. The number of hydrogen-bond acceptors (Lipinski definition) is 3. The number of para-hydroxylation sites is 2. The number of anilines is 3. The standard InChI is InChI=1S/C43H28N2OS/c1-27-20-22-28(23-21-27)44-35-14-5-2-10-30(35)34-26-29(24-25-36(34)44)45(37-15-9-18-40-42(37)33-12-3-6-17-39(33)46-40)38-16-8-13-32-31-11-4-7-19-41(31)47-43(32)38/h2-26H,1H3. The Morgan fingerprint density at radius 3 is 2.11 bits per heavy atom. The van der Waals surface area contributed by atoms with Gasteiger partial charge in [-0.05, 0) is 73.7 Å². The van der Waals surface area contributed by atoms with E-state index in [9.17, 15) is 0 Å². The predicted octanol–water partition coefficient (Wildman–Crippen LogP) is 12.8. The molecule has 0 N–H and O–H groups in total. The van der Waals surface area contributed by atoms with Gasteiger partial charge in [0.1, 0.15) is 11.2 Å². The van der Waals surface area contributed by atoms with Crippen LogP contribution < -0.4 is 4.90 Å². The van der Waals surface area contributed by atoms with Crippen LogP contribution in [0.25, 0.3) is 69.6 Å². The van der Waals surface area contributed by atoms with Crippen LogP contribution in [0.4, 0.5) is 17.1 Å². The molecule has 0 bridgehead atoms. The van der Waals surface area contributed by atoms with E-state index in [-0.39, 0.29) is 0 Å². The van der Waals surface area contributed by atoms with E-state index in [0.717, 1.165) is 44.7 Å². The van der Waals surface area contributed by atoms with Crippen LogP contribution in [0, 0.1) is 6.92 Å². The Bertz CT molecular complexity index is 2820. The number of fused-ring (bicyclic) bond motifs is 9. The third kappa shape index (κ3) is 3.92. The number of furan rings is 1. The highest BCUT2D eigenvalue weighted by Crippen LogP contribution is 2.48. The zero-order valence-electron chi connectivity index (χ0n) is 25.6. The van der Waals surface area contributed by atoms with Crippen molar-refractivity contribution in [2.45, 2.75) is 6.92 Å². The van der Waals surface area contributed by atoms with Crippen molar-refractivity contribution in [3.63, 3.8) is 0 Å². The van der Waals surface area contributed by atoms with E-state index in [0.29, 0.717) is 0 Å². The smallest absolute Gasteiger partial charge is 0.137 e. The molecule has 0 aliphatic rings. The van der Waals surface area contributed by atoms with Crippen LogP contribution >= 0.6 is 11.3 Å². The second-order valence-electron chi connectivity index (χ2n) is 12.2. The van der Waals surface area contributed by atoms with Crippen molar-refractivity contribution in [2.24, 2.45) is 0 Å². The van der Waals surface area contributed by atoms with E-state index >= 15 is 0 Å². The van der Waals surface area contributed by atoms with Crippen LogP contribution in [0.3, 0.4) is 0 Å². The van der Waals surface area contributed by atoms with E-state index in [1.54, 1.807) is 0 Å². The maximum atomic E-state index is 6.41. The third-order valence-corrected chi connectivity index (χ3v) is 10.7. The van der Waals surface area contributed by atoms with E-state index in [4.69, 9.17) is 4.42 Å². The molecule has 222 valence electrons. The molecule has 0 spiro atoms. The minimum absolute atomic E-state index is 0.884. The molecule has 4 heteroatoms. The maximum absolute atomic E-state index is 6.41. The molecular formula is C43H28N2OS. The van der Waals surface area contributed by atoms with Crippen molar-refractivity contribution in [1.82, 2.24) is 4.57 Å². The Hall–Kier alpha value is -5.84. The van der Waals surface area contributed by atoms with Crippen molar-refractivity contribution < 1.29 is 4.42 Å². The summed E-state index contributed by atoms with van der Waals surface area (Å²) in [7, 11) is 0. The van der Waals surface area contributed by atoms with Gasteiger partial charge in [-0.3, -0.25) is 0 Å². The van der Waals surface area contributed by atoms with Crippen LogP contribution in [-0.2, 0) is 0 Å². The van der Waals surface area contributed by atoms with Crippen LogP contribution in [0.1, 0.15) is 5.56 Å². The first-order chi connectivity index (χ1) is 23.2. The summed E-state index contributed by atoms with van der Waals surface area (Å²) in [6.07, 6.45) is 0. The summed E-state index contributed by atoms with van der Waals surface area (Å²) in [5.74, 6) is 0. The van der Waals surface area contributed by atoms with Crippen molar-refractivity contribution in [2.75, 3.05) is 4.90 Å². The first kappa shape index (κ1) is 26.4. The molecule has 0 unspecified atom stereocenters. The first-order valence-corrected chi connectivity index (χ1v) is 16.8. The van der Waals surface area contributed by atoms with Crippen LogP contribution in [-0.4, -0.2) is 4.57 Å². The minimum Gasteiger partial charge on any atom is -0.456 e. The van der Waals surface area contributed by atoms with Crippen molar-refractivity contribution in [3.8, 4) is 5.69 Å². The summed E-state index contributed by atoms with van der Waals surface area (Å²) >= 11 is 1.86. The predicted molar refractivity (Wildman–Crippen MR) is 200 cm³/mol. The average Bonchev–Trinajstić information content (AvgIpc) is 3.79. The van der Waals surface area contributed by atoms with Gasteiger partial charge in [-0.1, -0.05) is 90.5 Å². The average molecular weight is 621 g/mol. The molecule has 10 aromatic rings. The number of nitrogens with zero attached hydrogens (tertiary/aromatic N) is 2. The molecule has 7 aromatic carbocycles. The van der Waals surface area contributed by atoms with Crippen molar-refractivity contribution in [1.29, 1.82) is 0 Å². The van der Waals surface area contributed by atoms with Gasteiger partial charge in [0, 0.05) is 43.0 Å². The van der Waals surface area contributed by atoms with Gasteiger partial charge < -0.3 is 13.9 Å². The SMILES string of the molecule is Cc1ccc(-n2c3ccccc3c3cc(N(c4cccc5c4sc4ccccc45)c4cccc5oc6ccccc6c45)ccc32)cc1. The Morgan fingerprint density at radius 2 is 1.21 bits per heavy atom. The second-order valence-corrected chi connectivity index (χ2v) is 13.3. The largest absolute Gasteiger partial charge is 0.456 e. The van der Waals surface area contributed by atoms with Gasteiger partial charge in [0.05, 0.1) is 32.5 Å². The molecule has 0 saturated heterocycles. The highest BCUT2D eigenvalue weighted by Gasteiger charge is 2.23. The number of thiophene rings is 1. The summed E-state index contributed by atoms with van der Waals surface area (Å²) in [4.78, 5) is 2.44. The lowest BCUT2D eigenvalue weighted by Gasteiger charge is -2.27. The monoisotopic (exact) mass is 620 g/mol. The molecule has 0 atom stereocenters. The number of hydrogen-bond donors (Lipinski definition) is 0. The zero-order chi connectivity index (χ0) is 31.1. The summed E-state index contributed by atoms with van der Waals surface area (Å²) < 4.78 is 11.4. The van der Waals surface area contributed by atoms with Gasteiger partial charge >= 0.3 is 0 Å². The molecule has 3 heterocycles. The molecule has 0 aliphatic carbocycles. The van der Waals surface area contributed by atoms with Gasteiger partial charge in [0.2, 0.25) is 0 Å².